The molecule has 0 aromatic carbocycles. The van der Waals surface area contributed by atoms with Crippen LogP contribution in [-0.4, -0.2) is 9.78 Å². The van der Waals surface area contributed by atoms with Crippen LogP contribution in [0.3, 0.4) is 0 Å². The number of nitrogen functional groups attached to an aromatic ring is 1. The molecule has 62 valence electrons. The second-order valence-corrected chi connectivity index (χ2v) is 3.19. The second kappa shape index (κ2) is 2.95. The first-order valence-corrected chi connectivity index (χ1v) is 3.92. The molecule has 0 spiro atoms. The monoisotopic (exact) mass is 153 g/mol. The van der Waals surface area contributed by atoms with Gasteiger partial charge in [0.2, 0.25) is 0 Å². The number of nitrogens with zero attached hydrogens (tertiary/aromatic N) is 2. The Balaban J connectivity index is 2.84. The Morgan fingerprint density at radius 1 is 1.45 bits per heavy atom. The summed E-state index contributed by atoms with van der Waals surface area (Å²) in [5, 5.41) is 4.13. The van der Waals surface area contributed by atoms with Crippen LogP contribution in [0.4, 0.5) is 5.82 Å². The molecule has 1 aromatic rings. The molecule has 0 saturated carbocycles. The average Bonchev–Trinajstić information content (AvgIpc) is 2.33. The van der Waals surface area contributed by atoms with Gasteiger partial charge in [0.15, 0.2) is 0 Å². The van der Waals surface area contributed by atoms with E-state index in [0.29, 0.717) is 12.0 Å². The third-order valence-corrected chi connectivity index (χ3v) is 2.05. The maximum absolute atomic E-state index is 5.68. The smallest absolute Gasteiger partial charge is 0.121 e. The molecule has 0 aliphatic rings. The van der Waals surface area contributed by atoms with Crippen molar-refractivity contribution in [2.45, 2.75) is 26.8 Å². The van der Waals surface area contributed by atoms with Gasteiger partial charge in [0.25, 0.3) is 0 Å². The molecular formula is C8H15N3. The van der Waals surface area contributed by atoms with Crippen LogP contribution in [0.1, 0.15) is 26.8 Å². The van der Waals surface area contributed by atoms with Crippen molar-refractivity contribution < 1.29 is 0 Å². The largest absolute Gasteiger partial charge is 0.384 e. The Kier molecular flexibility index (Phi) is 2.17. The standard InChI is InChI=1S/C8H15N3/c1-6(2)7(3)11-8(9)4-5-10-11/h4-7H,9H2,1-3H3/t7-/m1/s1. The third kappa shape index (κ3) is 1.53. The molecule has 1 heterocycles. The fraction of sp³-hybridized carbons (Fsp3) is 0.625. The van der Waals surface area contributed by atoms with Gasteiger partial charge in [-0.25, -0.2) is 4.68 Å². The molecule has 0 unspecified atom stereocenters. The molecule has 0 saturated heterocycles. The first kappa shape index (κ1) is 8.11. The lowest BCUT2D eigenvalue weighted by atomic mass is 10.1. The van der Waals surface area contributed by atoms with E-state index in [1.54, 1.807) is 6.20 Å². The van der Waals surface area contributed by atoms with Crippen molar-refractivity contribution in [3.63, 3.8) is 0 Å². The molecule has 0 radical (unpaired) electrons. The maximum atomic E-state index is 5.68. The predicted octanol–water partition coefficient (Wildman–Crippen LogP) is 1.68. The van der Waals surface area contributed by atoms with Crippen LogP contribution in [0.25, 0.3) is 0 Å². The van der Waals surface area contributed by atoms with E-state index in [1.807, 2.05) is 10.7 Å². The van der Waals surface area contributed by atoms with Crippen LogP contribution in [0.5, 0.6) is 0 Å². The van der Waals surface area contributed by atoms with E-state index in [2.05, 4.69) is 25.9 Å². The fourth-order valence-electron chi connectivity index (χ4n) is 0.947. The Labute approximate surface area is 67.2 Å². The van der Waals surface area contributed by atoms with Crippen molar-refractivity contribution in [1.29, 1.82) is 0 Å². The van der Waals surface area contributed by atoms with Gasteiger partial charge in [-0.15, -0.1) is 0 Å². The van der Waals surface area contributed by atoms with Crippen LogP contribution >= 0.6 is 0 Å². The first-order chi connectivity index (χ1) is 5.13. The highest BCUT2D eigenvalue weighted by atomic mass is 15.3. The summed E-state index contributed by atoms with van der Waals surface area (Å²) in [6.07, 6.45) is 1.73. The molecule has 3 heteroatoms. The molecule has 2 N–H and O–H groups in total. The second-order valence-electron chi connectivity index (χ2n) is 3.19. The van der Waals surface area contributed by atoms with E-state index < -0.39 is 0 Å². The molecule has 1 rings (SSSR count). The zero-order chi connectivity index (χ0) is 8.43. The minimum Gasteiger partial charge on any atom is -0.384 e. The van der Waals surface area contributed by atoms with Gasteiger partial charge in [-0.1, -0.05) is 13.8 Å². The van der Waals surface area contributed by atoms with E-state index in [9.17, 15) is 0 Å². The zero-order valence-corrected chi connectivity index (χ0v) is 7.28. The average molecular weight is 153 g/mol. The Bertz CT molecular complexity index is 227. The number of rotatable bonds is 2. The number of aromatic nitrogens is 2. The molecule has 3 nitrogen and oxygen atoms in total. The van der Waals surface area contributed by atoms with E-state index >= 15 is 0 Å². The van der Waals surface area contributed by atoms with Gasteiger partial charge in [-0.05, 0) is 18.9 Å². The van der Waals surface area contributed by atoms with E-state index in [4.69, 9.17) is 5.73 Å². The Morgan fingerprint density at radius 2 is 2.09 bits per heavy atom. The summed E-state index contributed by atoms with van der Waals surface area (Å²) < 4.78 is 1.85. The summed E-state index contributed by atoms with van der Waals surface area (Å²) >= 11 is 0. The van der Waals surface area contributed by atoms with Gasteiger partial charge in [-0.3, -0.25) is 0 Å². The molecule has 0 aliphatic heterocycles. The van der Waals surface area contributed by atoms with Crippen molar-refractivity contribution in [2.24, 2.45) is 5.92 Å². The van der Waals surface area contributed by atoms with Crippen LogP contribution in [0, 0.1) is 5.92 Å². The number of hydrogen-bond acceptors (Lipinski definition) is 2. The summed E-state index contributed by atoms with van der Waals surface area (Å²) in [5.41, 5.74) is 5.68. The molecule has 1 atom stereocenters. The molecule has 0 aliphatic carbocycles. The van der Waals surface area contributed by atoms with E-state index in [1.165, 1.54) is 0 Å². The van der Waals surface area contributed by atoms with Crippen molar-refractivity contribution in [3.05, 3.63) is 12.3 Å². The molecule has 0 amide bonds. The highest BCUT2D eigenvalue weighted by Gasteiger charge is 2.11. The highest BCUT2D eigenvalue weighted by Crippen LogP contribution is 2.18. The van der Waals surface area contributed by atoms with Crippen LogP contribution in [0.15, 0.2) is 12.3 Å². The first-order valence-electron chi connectivity index (χ1n) is 3.92. The van der Waals surface area contributed by atoms with Crippen LogP contribution < -0.4 is 5.73 Å². The highest BCUT2D eigenvalue weighted by molar-refractivity contribution is 5.26. The van der Waals surface area contributed by atoms with Gasteiger partial charge >= 0.3 is 0 Å². The van der Waals surface area contributed by atoms with Gasteiger partial charge in [0, 0.05) is 0 Å². The normalized spacial score (nSPS) is 13.8. The quantitative estimate of drug-likeness (QED) is 0.702. The van der Waals surface area contributed by atoms with Gasteiger partial charge in [0.1, 0.15) is 5.82 Å². The number of hydrogen-bond donors (Lipinski definition) is 1. The minimum atomic E-state index is 0.380. The third-order valence-electron chi connectivity index (χ3n) is 2.05. The zero-order valence-electron chi connectivity index (χ0n) is 7.28. The lowest BCUT2D eigenvalue weighted by Gasteiger charge is -2.17. The van der Waals surface area contributed by atoms with E-state index in [0.717, 1.165) is 5.82 Å². The fourth-order valence-corrected chi connectivity index (χ4v) is 0.947. The molecule has 11 heavy (non-hydrogen) atoms. The van der Waals surface area contributed by atoms with Crippen molar-refractivity contribution >= 4 is 5.82 Å². The van der Waals surface area contributed by atoms with Crippen molar-refractivity contribution in [2.75, 3.05) is 5.73 Å². The minimum absolute atomic E-state index is 0.380. The van der Waals surface area contributed by atoms with Crippen molar-refractivity contribution in [1.82, 2.24) is 9.78 Å². The topological polar surface area (TPSA) is 43.8 Å². The lowest BCUT2D eigenvalue weighted by Crippen LogP contribution is -2.14. The maximum Gasteiger partial charge on any atom is 0.121 e. The molecule has 0 bridgehead atoms. The van der Waals surface area contributed by atoms with E-state index in [-0.39, 0.29) is 0 Å². The Morgan fingerprint density at radius 3 is 2.45 bits per heavy atom. The Hall–Kier alpha value is -0.990. The van der Waals surface area contributed by atoms with Gasteiger partial charge in [0.05, 0.1) is 12.2 Å². The summed E-state index contributed by atoms with van der Waals surface area (Å²) in [6.45, 7) is 6.44. The SMILES string of the molecule is CC(C)[C@@H](C)n1nccc1N. The van der Waals surface area contributed by atoms with Crippen LogP contribution in [-0.2, 0) is 0 Å². The predicted molar refractivity (Wildman–Crippen MR) is 46.2 cm³/mol. The van der Waals surface area contributed by atoms with Gasteiger partial charge in [-0.2, -0.15) is 5.10 Å². The summed E-state index contributed by atoms with van der Waals surface area (Å²) in [6, 6.07) is 2.20. The van der Waals surface area contributed by atoms with Crippen molar-refractivity contribution in [3.8, 4) is 0 Å². The number of anilines is 1. The van der Waals surface area contributed by atoms with Gasteiger partial charge < -0.3 is 5.73 Å². The summed E-state index contributed by atoms with van der Waals surface area (Å²) in [5.74, 6) is 1.31. The number of nitrogens with two attached hydrogens (primary N) is 1. The molecule has 1 aromatic heterocycles. The molecular weight excluding hydrogens is 138 g/mol. The summed E-state index contributed by atoms with van der Waals surface area (Å²) in [4.78, 5) is 0. The summed E-state index contributed by atoms with van der Waals surface area (Å²) in [7, 11) is 0. The van der Waals surface area contributed by atoms with Crippen LogP contribution in [0.2, 0.25) is 0 Å². The lowest BCUT2D eigenvalue weighted by molar-refractivity contribution is 0.380. The molecule has 0 fully saturated rings.